The summed E-state index contributed by atoms with van der Waals surface area (Å²) in [6.45, 7) is 1.66. The smallest absolute Gasteiger partial charge is 0.313 e. The average Bonchev–Trinajstić information content (AvgIpc) is 3.36. The predicted molar refractivity (Wildman–Crippen MR) is 92.0 cm³/mol. The Kier molecular flexibility index (Phi) is 4.70. The van der Waals surface area contributed by atoms with Gasteiger partial charge >= 0.3 is 11.8 Å². The van der Waals surface area contributed by atoms with Crippen molar-refractivity contribution in [3.8, 4) is 5.75 Å². The molecule has 0 aromatic heterocycles. The second-order valence-electron chi connectivity index (χ2n) is 6.11. The minimum absolute atomic E-state index is 0.0547. The van der Waals surface area contributed by atoms with Gasteiger partial charge in [-0.15, -0.1) is 0 Å². The second-order valence-corrected chi connectivity index (χ2v) is 6.11. The van der Waals surface area contributed by atoms with Crippen LogP contribution in [0.5, 0.6) is 5.75 Å². The molecule has 0 aliphatic heterocycles. The van der Waals surface area contributed by atoms with Crippen LogP contribution in [0.4, 0.5) is 10.1 Å². The van der Waals surface area contributed by atoms with Gasteiger partial charge in [0.2, 0.25) is 0 Å². The molecule has 0 saturated heterocycles. The van der Waals surface area contributed by atoms with Crippen molar-refractivity contribution in [2.24, 2.45) is 0 Å². The molecule has 6 heteroatoms. The molecule has 25 heavy (non-hydrogen) atoms. The minimum Gasteiger partial charge on any atom is -0.497 e. The van der Waals surface area contributed by atoms with E-state index in [1.54, 1.807) is 14.0 Å². The maximum absolute atomic E-state index is 13.1. The summed E-state index contributed by atoms with van der Waals surface area (Å²) in [5.41, 5.74) is 2.08. The quantitative estimate of drug-likeness (QED) is 0.840. The van der Waals surface area contributed by atoms with Crippen LogP contribution in [0.25, 0.3) is 0 Å². The molecule has 2 atom stereocenters. The molecule has 2 aromatic carbocycles. The summed E-state index contributed by atoms with van der Waals surface area (Å²) < 4.78 is 18.2. The Bertz CT molecular complexity index is 805. The van der Waals surface area contributed by atoms with Crippen molar-refractivity contribution in [2.45, 2.75) is 25.3 Å². The van der Waals surface area contributed by atoms with Crippen LogP contribution in [0.1, 0.15) is 23.5 Å². The highest BCUT2D eigenvalue weighted by Gasteiger charge is 2.40. The van der Waals surface area contributed by atoms with Crippen molar-refractivity contribution in [2.75, 3.05) is 12.4 Å². The molecular formula is C19H19FN2O3. The fourth-order valence-corrected chi connectivity index (χ4v) is 2.75. The third kappa shape index (κ3) is 3.96. The van der Waals surface area contributed by atoms with E-state index in [4.69, 9.17) is 4.74 Å². The van der Waals surface area contributed by atoms with E-state index in [1.165, 1.54) is 18.2 Å². The molecule has 0 spiro atoms. The summed E-state index contributed by atoms with van der Waals surface area (Å²) in [5.74, 6) is -0.852. The minimum atomic E-state index is -0.755. The number of amides is 2. The van der Waals surface area contributed by atoms with E-state index in [-0.39, 0.29) is 17.8 Å². The van der Waals surface area contributed by atoms with Gasteiger partial charge < -0.3 is 15.4 Å². The second kappa shape index (κ2) is 6.93. The highest BCUT2D eigenvalue weighted by molar-refractivity contribution is 6.39. The summed E-state index contributed by atoms with van der Waals surface area (Å²) >= 11 is 0. The maximum Gasteiger partial charge on any atom is 0.313 e. The summed E-state index contributed by atoms with van der Waals surface area (Å²) in [7, 11) is 1.61. The van der Waals surface area contributed by atoms with E-state index in [2.05, 4.69) is 10.6 Å². The molecule has 1 fully saturated rings. The Balaban J connectivity index is 1.54. The Morgan fingerprint density at radius 2 is 1.84 bits per heavy atom. The molecule has 130 valence electrons. The first-order valence-electron chi connectivity index (χ1n) is 8.00. The Hall–Kier alpha value is -2.89. The number of aryl methyl sites for hydroxylation is 1. The number of methoxy groups -OCH3 is 1. The van der Waals surface area contributed by atoms with Crippen molar-refractivity contribution >= 4 is 17.5 Å². The van der Waals surface area contributed by atoms with E-state index in [0.717, 1.165) is 17.7 Å². The third-order valence-electron chi connectivity index (χ3n) is 4.29. The first-order valence-corrected chi connectivity index (χ1v) is 8.00. The van der Waals surface area contributed by atoms with Gasteiger partial charge in [0.05, 0.1) is 7.11 Å². The van der Waals surface area contributed by atoms with E-state index in [1.807, 2.05) is 24.3 Å². The lowest BCUT2D eigenvalue weighted by molar-refractivity contribution is -0.136. The molecule has 0 bridgehead atoms. The van der Waals surface area contributed by atoms with Crippen molar-refractivity contribution < 1.29 is 18.7 Å². The third-order valence-corrected chi connectivity index (χ3v) is 4.29. The normalized spacial score (nSPS) is 18.4. The molecule has 3 rings (SSSR count). The molecule has 0 heterocycles. The number of hydrogen-bond donors (Lipinski definition) is 2. The zero-order valence-corrected chi connectivity index (χ0v) is 14.0. The predicted octanol–water partition coefficient (Wildman–Crippen LogP) is 2.75. The molecule has 1 aliphatic carbocycles. The van der Waals surface area contributed by atoms with Gasteiger partial charge in [0.15, 0.2) is 0 Å². The van der Waals surface area contributed by atoms with Crippen LogP contribution in [0.2, 0.25) is 0 Å². The van der Waals surface area contributed by atoms with Gasteiger partial charge in [0.1, 0.15) is 11.6 Å². The maximum atomic E-state index is 13.1. The van der Waals surface area contributed by atoms with E-state index in [9.17, 15) is 14.0 Å². The molecule has 2 N–H and O–H groups in total. The molecule has 1 saturated carbocycles. The molecule has 1 aliphatic rings. The van der Waals surface area contributed by atoms with Crippen molar-refractivity contribution in [3.05, 3.63) is 59.4 Å². The number of carbonyl (C=O) groups excluding carboxylic acids is 2. The molecule has 0 unspecified atom stereocenters. The number of ether oxygens (including phenoxy) is 1. The van der Waals surface area contributed by atoms with Gasteiger partial charge in [-0.05, 0) is 54.8 Å². The topological polar surface area (TPSA) is 67.4 Å². The Morgan fingerprint density at radius 3 is 2.48 bits per heavy atom. The lowest BCUT2D eigenvalue weighted by atomic mass is 10.1. The fourth-order valence-electron chi connectivity index (χ4n) is 2.75. The van der Waals surface area contributed by atoms with Gasteiger partial charge in [-0.1, -0.05) is 12.1 Å². The molecule has 2 aromatic rings. The van der Waals surface area contributed by atoms with Gasteiger partial charge in [-0.3, -0.25) is 9.59 Å². The number of hydrogen-bond acceptors (Lipinski definition) is 3. The number of carbonyl (C=O) groups is 2. The lowest BCUT2D eigenvalue weighted by Gasteiger charge is -2.09. The zero-order chi connectivity index (χ0) is 18.0. The zero-order valence-electron chi connectivity index (χ0n) is 14.0. The average molecular weight is 342 g/mol. The Morgan fingerprint density at radius 1 is 1.12 bits per heavy atom. The fraction of sp³-hybridized carbons (Fsp3) is 0.263. The van der Waals surface area contributed by atoms with Crippen LogP contribution in [0, 0.1) is 12.7 Å². The first-order chi connectivity index (χ1) is 12.0. The largest absolute Gasteiger partial charge is 0.497 e. The standard InChI is InChI=1S/C19H19FN2O3/c1-11-9-13(20)5-8-16(11)21-18(23)19(24)22-17-10-15(17)12-3-6-14(25-2)7-4-12/h3-9,15,17H,10H2,1-2H3,(H,21,23)(H,22,24)/t15-,17+/m1/s1. The monoisotopic (exact) mass is 342 g/mol. The molecule has 5 nitrogen and oxygen atoms in total. The van der Waals surface area contributed by atoms with Crippen LogP contribution in [-0.2, 0) is 9.59 Å². The molecular weight excluding hydrogens is 323 g/mol. The highest BCUT2D eigenvalue weighted by Crippen LogP contribution is 2.41. The lowest BCUT2D eigenvalue weighted by Crippen LogP contribution is -2.37. The summed E-state index contributed by atoms with van der Waals surface area (Å²) in [6.07, 6.45) is 0.793. The number of rotatable bonds is 4. The highest BCUT2D eigenvalue weighted by atomic mass is 19.1. The van der Waals surface area contributed by atoms with Crippen LogP contribution in [0.15, 0.2) is 42.5 Å². The number of nitrogens with one attached hydrogen (secondary N) is 2. The van der Waals surface area contributed by atoms with Gasteiger partial charge in [-0.2, -0.15) is 0 Å². The van der Waals surface area contributed by atoms with Crippen molar-refractivity contribution in [3.63, 3.8) is 0 Å². The van der Waals surface area contributed by atoms with Crippen LogP contribution in [0.3, 0.4) is 0 Å². The SMILES string of the molecule is COc1ccc([C@H]2C[C@@H]2NC(=O)C(=O)Nc2ccc(F)cc2C)cc1. The van der Waals surface area contributed by atoms with Crippen LogP contribution < -0.4 is 15.4 Å². The van der Waals surface area contributed by atoms with Gasteiger partial charge in [0, 0.05) is 17.6 Å². The molecule has 2 amide bonds. The van der Waals surface area contributed by atoms with Gasteiger partial charge in [0.25, 0.3) is 0 Å². The summed E-state index contributed by atoms with van der Waals surface area (Å²) in [5, 5.41) is 5.23. The van der Waals surface area contributed by atoms with E-state index in [0.29, 0.717) is 11.3 Å². The number of anilines is 1. The van der Waals surface area contributed by atoms with E-state index < -0.39 is 11.8 Å². The number of halogens is 1. The van der Waals surface area contributed by atoms with E-state index >= 15 is 0 Å². The first kappa shape index (κ1) is 17.0. The summed E-state index contributed by atoms with van der Waals surface area (Å²) in [6, 6.07) is 11.6. The molecule has 0 radical (unpaired) electrons. The van der Waals surface area contributed by atoms with Crippen molar-refractivity contribution in [1.29, 1.82) is 0 Å². The Labute approximate surface area is 145 Å². The summed E-state index contributed by atoms with van der Waals surface area (Å²) in [4.78, 5) is 24.0. The number of benzene rings is 2. The van der Waals surface area contributed by atoms with Crippen LogP contribution >= 0.6 is 0 Å². The van der Waals surface area contributed by atoms with Crippen molar-refractivity contribution in [1.82, 2.24) is 5.32 Å². The van der Waals surface area contributed by atoms with Crippen LogP contribution in [-0.4, -0.2) is 25.0 Å². The van der Waals surface area contributed by atoms with Gasteiger partial charge in [-0.25, -0.2) is 4.39 Å².